The van der Waals surface area contributed by atoms with Gasteiger partial charge in [0.25, 0.3) is 0 Å². The van der Waals surface area contributed by atoms with Gasteiger partial charge in [0.2, 0.25) is 5.75 Å². The zero-order valence-corrected chi connectivity index (χ0v) is 16.5. The number of ether oxygens (including phenoxy) is 2. The number of benzene rings is 3. The molecule has 0 aliphatic carbocycles. The normalized spacial score (nSPS) is 11.2. The molecule has 8 heteroatoms. The number of amides is 1. The molecule has 1 N–H and O–H groups in total. The summed E-state index contributed by atoms with van der Waals surface area (Å²) in [5.41, 5.74) is 1.22. The predicted octanol–water partition coefficient (Wildman–Crippen LogP) is 4.04. The number of nitro benzene ring substituents is 1. The summed E-state index contributed by atoms with van der Waals surface area (Å²) in [6, 6.07) is 22.5. The fourth-order valence-corrected chi connectivity index (χ4v) is 2.82. The van der Waals surface area contributed by atoms with Crippen LogP contribution < -0.4 is 10.1 Å². The molecule has 0 saturated carbocycles. The molecule has 3 rings (SSSR count). The summed E-state index contributed by atoms with van der Waals surface area (Å²) in [4.78, 5) is 35.6. The summed E-state index contributed by atoms with van der Waals surface area (Å²) in [6.45, 7) is 0.0317. The van der Waals surface area contributed by atoms with E-state index in [0.29, 0.717) is 0 Å². The Labute approximate surface area is 178 Å². The van der Waals surface area contributed by atoms with Gasteiger partial charge in [0.1, 0.15) is 12.6 Å². The number of hydrogen-bond acceptors (Lipinski definition) is 6. The Hall–Kier alpha value is -4.20. The average molecular weight is 420 g/mol. The SMILES string of the molecule is O=C(N[C@H](Cc1ccccc1)C(=O)Oc1ccccc1[N+](=O)[O-])OCc1ccccc1. The first-order valence-electron chi connectivity index (χ1n) is 9.49. The van der Waals surface area contributed by atoms with Crippen molar-refractivity contribution in [2.45, 2.75) is 19.1 Å². The molecule has 0 bridgehead atoms. The van der Waals surface area contributed by atoms with Gasteiger partial charge in [-0.25, -0.2) is 9.59 Å². The number of nitrogens with one attached hydrogen (secondary N) is 1. The molecule has 3 aromatic carbocycles. The summed E-state index contributed by atoms with van der Waals surface area (Å²) in [6.07, 6.45) is -0.676. The molecule has 0 spiro atoms. The van der Waals surface area contributed by atoms with E-state index in [0.717, 1.165) is 11.1 Å². The van der Waals surface area contributed by atoms with Crippen LogP contribution in [0.15, 0.2) is 84.9 Å². The molecule has 0 aliphatic heterocycles. The third-order valence-electron chi connectivity index (χ3n) is 4.34. The molecule has 31 heavy (non-hydrogen) atoms. The van der Waals surface area contributed by atoms with Gasteiger partial charge in [0.05, 0.1) is 4.92 Å². The highest BCUT2D eigenvalue weighted by Crippen LogP contribution is 2.26. The van der Waals surface area contributed by atoms with Crippen LogP contribution in [0.1, 0.15) is 11.1 Å². The molecule has 1 amide bonds. The van der Waals surface area contributed by atoms with Crippen LogP contribution in [0.4, 0.5) is 10.5 Å². The minimum atomic E-state index is -1.11. The summed E-state index contributed by atoms with van der Waals surface area (Å²) in [5, 5.41) is 13.7. The quantitative estimate of drug-likeness (QED) is 0.255. The molecule has 0 radical (unpaired) electrons. The van der Waals surface area contributed by atoms with Crippen molar-refractivity contribution in [2.75, 3.05) is 0 Å². The summed E-state index contributed by atoms with van der Waals surface area (Å²) in [7, 11) is 0. The number of alkyl carbamates (subject to hydrolysis) is 1. The van der Waals surface area contributed by atoms with Crippen molar-refractivity contribution in [1.29, 1.82) is 0 Å². The van der Waals surface area contributed by atoms with Gasteiger partial charge in [-0.1, -0.05) is 72.8 Å². The molecular weight excluding hydrogens is 400 g/mol. The standard InChI is InChI=1S/C23H20N2O6/c26-22(31-21-14-8-7-13-20(21)25(28)29)19(15-17-9-3-1-4-10-17)24-23(27)30-16-18-11-5-2-6-12-18/h1-14,19H,15-16H2,(H,24,27)/t19-/m1/s1. The Morgan fingerprint density at radius 3 is 2.10 bits per heavy atom. The number of carbonyl (C=O) groups is 2. The maximum atomic E-state index is 12.8. The van der Waals surface area contributed by atoms with Gasteiger partial charge in [-0.15, -0.1) is 0 Å². The number of hydrogen-bond donors (Lipinski definition) is 1. The predicted molar refractivity (Wildman–Crippen MR) is 112 cm³/mol. The van der Waals surface area contributed by atoms with Crippen molar-refractivity contribution >= 4 is 17.7 Å². The van der Waals surface area contributed by atoms with Gasteiger partial charge in [0.15, 0.2) is 0 Å². The maximum Gasteiger partial charge on any atom is 0.408 e. The van der Waals surface area contributed by atoms with E-state index in [-0.39, 0.29) is 24.5 Å². The second kappa shape index (κ2) is 10.5. The fourth-order valence-electron chi connectivity index (χ4n) is 2.82. The zero-order valence-electron chi connectivity index (χ0n) is 16.5. The molecule has 0 aromatic heterocycles. The first kappa shape index (κ1) is 21.5. The molecule has 0 unspecified atom stereocenters. The molecule has 3 aromatic rings. The molecule has 1 atom stereocenters. The molecule has 158 valence electrons. The van der Waals surface area contributed by atoms with Crippen LogP contribution >= 0.6 is 0 Å². The van der Waals surface area contributed by atoms with E-state index in [1.54, 1.807) is 36.4 Å². The molecule has 0 fully saturated rings. The third kappa shape index (κ3) is 6.40. The van der Waals surface area contributed by atoms with Gasteiger partial charge < -0.3 is 14.8 Å². The Balaban J connectivity index is 1.72. The molecule has 8 nitrogen and oxygen atoms in total. The molecule has 0 aliphatic rings. The smallest absolute Gasteiger partial charge is 0.408 e. The van der Waals surface area contributed by atoms with Crippen molar-refractivity contribution in [3.05, 3.63) is 106 Å². The first-order valence-corrected chi connectivity index (χ1v) is 9.49. The van der Waals surface area contributed by atoms with E-state index < -0.39 is 23.0 Å². The van der Waals surface area contributed by atoms with E-state index >= 15 is 0 Å². The lowest BCUT2D eigenvalue weighted by Crippen LogP contribution is -2.44. The van der Waals surface area contributed by atoms with Crippen molar-refractivity contribution in [2.24, 2.45) is 0 Å². The number of carbonyl (C=O) groups excluding carboxylic acids is 2. The number of para-hydroxylation sites is 2. The van der Waals surface area contributed by atoms with Crippen LogP contribution in [-0.2, 0) is 22.6 Å². The lowest BCUT2D eigenvalue weighted by atomic mass is 10.1. The maximum absolute atomic E-state index is 12.8. The van der Waals surface area contributed by atoms with Gasteiger partial charge >= 0.3 is 17.7 Å². The molecule has 0 heterocycles. The number of nitro groups is 1. The zero-order chi connectivity index (χ0) is 22.1. The summed E-state index contributed by atoms with van der Waals surface area (Å²) in [5.74, 6) is -1.04. The Kier molecular flexibility index (Phi) is 7.31. The van der Waals surface area contributed by atoms with Crippen molar-refractivity contribution in [3.8, 4) is 5.75 Å². The van der Waals surface area contributed by atoms with E-state index in [1.165, 1.54) is 24.3 Å². The van der Waals surface area contributed by atoms with Gasteiger partial charge in [-0.05, 0) is 17.2 Å². The van der Waals surface area contributed by atoms with Crippen LogP contribution in [0.25, 0.3) is 0 Å². The first-order chi connectivity index (χ1) is 15.0. The monoisotopic (exact) mass is 420 g/mol. The van der Waals surface area contributed by atoms with Crippen LogP contribution in [0, 0.1) is 10.1 Å². The summed E-state index contributed by atoms with van der Waals surface area (Å²) >= 11 is 0. The summed E-state index contributed by atoms with van der Waals surface area (Å²) < 4.78 is 10.4. The van der Waals surface area contributed by atoms with E-state index in [1.807, 2.05) is 24.3 Å². The second-order valence-electron chi connectivity index (χ2n) is 6.59. The Morgan fingerprint density at radius 2 is 1.45 bits per heavy atom. The number of nitrogens with zero attached hydrogens (tertiary/aromatic N) is 1. The minimum absolute atomic E-state index is 0.0317. The lowest BCUT2D eigenvalue weighted by Gasteiger charge is -2.17. The molecule has 0 saturated heterocycles. The average Bonchev–Trinajstić information content (AvgIpc) is 2.79. The van der Waals surface area contributed by atoms with Gasteiger partial charge in [-0.3, -0.25) is 10.1 Å². The lowest BCUT2D eigenvalue weighted by molar-refractivity contribution is -0.385. The second-order valence-corrected chi connectivity index (χ2v) is 6.59. The topological polar surface area (TPSA) is 108 Å². The third-order valence-corrected chi connectivity index (χ3v) is 4.34. The van der Waals surface area contributed by atoms with Crippen LogP contribution in [0.3, 0.4) is 0 Å². The molecular formula is C23H20N2O6. The van der Waals surface area contributed by atoms with E-state index in [9.17, 15) is 19.7 Å². The fraction of sp³-hybridized carbons (Fsp3) is 0.130. The van der Waals surface area contributed by atoms with Crippen LogP contribution in [-0.4, -0.2) is 23.0 Å². The van der Waals surface area contributed by atoms with E-state index in [4.69, 9.17) is 9.47 Å². The van der Waals surface area contributed by atoms with Crippen molar-refractivity contribution in [3.63, 3.8) is 0 Å². The van der Waals surface area contributed by atoms with Crippen LogP contribution in [0.2, 0.25) is 0 Å². The highest BCUT2D eigenvalue weighted by Gasteiger charge is 2.26. The van der Waals surface area contributed by atoms with Crippen molar-refractivity contribution < 1.29 is 24.0 Å². The highest BCUT2D eigenvalue weighted by molar-refractivity contribution is 5.83. The Bertz CT molecular complexity index is 1040. The Morgan fingerprint density at radius 1 is 0.871 bits per heavy atom. The highest BCUT2D eigenvalue weighted by atomic mass is 16.6. The largest absolute Gasteiger partial charge is 0.445 e. The number of esters is 1. The van der Waals surface area contributed by atoms with Gasteiger partial charge in [-0.2, -0.15) is 0 Å². The minimum Gasteiger partial charge on any atom is -0.445 e. The van der Waals surface area contributed by atoms with Crippen molar-refractivity contribution in [1.82, 2.24) is 5.32 Å². The van der Waals surface area contributed by atoms with Gasteiger partial charge in [0, 0.05) is 12.5 Å². The van der Waals surface area contributed by atoms with E-state index in [2.05, 4.69) is 5.32 Å². The van der Waals surface area contributed by atoms with Crippen LogP contribution in [0.5, 0.6) is 5.75 Å². The number of rotatable bonds is 8.